The molecule has 0 aromatic carbocycles. The summed E-state index contributed by atoms with van der Waals surface area (Å²) in [7, 11) is 1.66. The summed E-state index contributed by atoms with van der Waals surface area (Å²) >= 11 is 3.44. The molecule has 0 fully saturated rings. The molecule has 0 aromatic rings. The van der Waals surface area contributed by atoms with Crippen LogP contribution in [0.25, 0.3) is 0 Å². The van der Waals surface area contributed by atoms with Crippen molar-refractivity contribution in [3.05, 3.63) is 0 Å². The highest BCUT2D eigenvalue weighted by atomic mass is 79.9. The summed E-state index contributed by atoms with van der Waals surface area (Å²) in [6.07, 6.45) is 0. The second-order valence-electron chi connectivity index (χ2n) is 4.07. The van der Waals surface area contributed by atoms with Gasteiger partial charge in [-0.3, -0.25) is 4.79 Å². The molecule has 0 rings (SSSR count). The Bertz CT molecular complexity index is 197. The first-order valence-electron chi connectivity index (χ1n) is 5.39. The van der Waals surface area contributed by atoms with Gasteiger partial charge in [0.05, 0.1) is 17.5 Å². The summed E-state index contributed by atoms with van der Waals surface area (Å²) in [6, 6.07) is 0.131. The van der Waals surface area contributed by atoms with Crippen LogP contribution in [0.3, 0.4) is 0 Å². The number of hydrogen-bond acceptors (Lipinski definition) is 2. The third-order valence-electron chi connectivity index (χ3n) is 2.38. The van der Waals surface area contributed by atoms with Crippen LogP contribution in [0.1, 0.15) is 27.7 Å². The van der Waals surface area contributed by atoms with Crippen LogP contribution in [0.5, 0.6) is 0 Å². The first kappa shape index (κ1) is 14.9. The second-order valence-corrected chi connectivity index (χ2v) is 5.06. The molecule has 2 unspecified atom stereocenters. The number of methoxy groups -OCH3 is 1. The SMILES string of the molecule is CCN(C(=O)C(Br)C(C)C)C(C)COC. The van der Waals surface area contributed by atoms with Gasteiger partial charge in [0.2, 0.25) is 5.91 Å². The van der Waals surface area contributed by atoms with Crippen molar-refractivity contribution in [3.8, 4) is 0 Å². The molecular formula is C11H22BrNO2. The molecule has 0 radical (unpaired) electrons. The predicted octanol–water partition coefficient (Wildman–Crippen LogP) is 2.29. The number of carbonyl (C=O) groups excluding carboxylic acids is 1. The molecule has 0 aliphatic heterocycles. The van der Waals surface area contributed by atoms with Gasteiger partial charge in [0.15, 0.2) is 0 Å². The lowest BCUT2D eigenvalue weighted by Crippen LogP contribution is -2.45. The third kappa shape index (κ3) is 4.51. The summed E-state index contributed by atoms with van der Waals surface area (Å²) in [4.78, 5) is 13.8. The van der Waals surface area contributed by atoms with Crippen LogP contribution in [-0.4, -0.2) is 41.9 Å². The zero-order valence-electron chi connectivity index (χ0n) is 10.3. The minimum atomic E-state index is -0.100. The number of ether oxygens (including phenoxy) is 1. The Morgan fingerprint density at radius 2 is 1.93 bits per heavy atom. The Kier molecular flexibility index (Phi) is 7.18. The van der Waals surface area contributed by atoms with E-state index in [1.54, 1.807) is 7.11 Å². The molecule has 1 amide bonds. The standard InChI is InChI=1S/C11H22BrNO2/c1-6-13(9(4)7-15-5)11(14)10(12)8(2)3/h8-10H,6-7H2,1-5H3. The van der Waals surface area contributed by atoms with Crippen LogP contribution in [0.4, 0.5) is 0 Å². The van der Waals surface area contributed by atoms with Crippen LogP contribution in [0.15, 0.2) is 0 Å². The number of carbonyl (C=O) groups is 1. The number of amides is 1. The fourth-order valence-corrected chi connectivity index (χ4v) is 1.72. The monoisotopic (exact) mass is 279 g/mol. The van der Waals surface area contributed by atoms with Crippen molar-refractivity contribution in [2.24, 2.45) is 5.92 Å². The first-order chi connectivity index (χ1) is 6.95. The highest BCUT2D eigenvalue weighted by molar-refractivity contribution is 9.10. The van der Waals surface area contributed by atoms with Crippen molar-refractivity contribution in [2.75, 3.05) is 20.3 Å². The van der Waals surface area contributed by atoms with Crippen molar-refractivity contribution < 1.29 is 9.53 Å². The fraction of sp³-hybridized carbons (Fsp3) is 0.909. The third-order valence-corrected chi connectivity index (χ3v) is 3.83. The average Bonchev–Trinajstić information content (AvgIpc) is 2.17. The topological polar surface area (TPSA) is 29.5 Å². The van der Waals surface area contributed by atoms with E-state index < -0.39 is 0 Å². The van der Waals surface area contributed by atoms with E-state index in [4.69, 9.17) is 4.74 Å². The number of halogens is 1. The normalized spacial score (nSPS) is 15.1. The van der Waals surface area contributed by atoms with E-state index in [1.165, 1.54) is 0 Å². The Morgan fingerprint density at radius 1 is 1.40 bits per heavy atom. The van der Waals surface area contributed by atoms with Gasteiger partial charge in [-0.15, -0.1) is 0 Å². The van der Waals surface area contributed by atoms with Crippen LogP contribution >= 0.6 is 15.9 Å². The number of alkyl halides is 1. The molecule has 3 nitrogen and oxygen atoms in total. The molecule has 0 heterocycles. The van der Waals surface area contributed by atoms with Gasteiger partial charge < -0.3 is 9.64 Å². The van der Waals surface area contributed by atoms with Crippen molar-refractivity contribution in [1.29, 1.82) is 0 Å². The molecule has 0 saturated heterocycles. The fourth-order valence-electron chi connectivity index (χ4n) is 1.46. The lowest BCUT2D eigenvalue weighted by atomic mass is 10.1. The van der Waals surface area contributed by atoms with E-state index in [0.717, 1.165) is 6.54 Å². The van der Waals surface area contributed by atoms with Gasteiger partial charge in [-0.05, 0) is 19.8 Å². The lowest BCUT2D eigenvalue weighted by molar-refractivity contribution is -0.133. The Hall–Kier alpha value is -0.0900. The maximum absolute atomic E-state index is 12.1. The van der Waals surface area contributed by atoms with Crippen LogP contribution in [0.2, 0.25) is 0 Å². The molecule has 0 aliphatic carbocycles. The van der Waals surface area contributed by atoms with E-state index in [9.17, 15) is 4.79 Å². The van der Waals surface area contributed by atoms with Gasteiger partial charge >= 0.3 is 0 Å². The Balaban J connectivity index is 4.46. The smallest absolute Gasteiger partial charge is 0.236 e. The average molecular weight is 280 g/mol. The van der Waals surface area contributed by atoms with Crippen LogP contribution in [-0.2, 0) is 9.53 Å². The van der Waals surface area contributed by atoms with E-state index in [2.05, 4.69) is 15.9 Å². The van der Waals surface area contributed by atoms with Gasteiger partial charge in [-0.2, -0.15) is 0 Å². The molecule has 0 spiro atoms. The van der Waals surface area contributed by atoms with Gasteiger partial charge in [0.1, 0.15) is 0 Å². The Labute approximate surface area is 101 Å². The molecule has 0 bridgehead atoms. The van der Waals surface area contributed by atoms with Crippen molar-refractivity contribution >= 4 is 21.8 Å². The minimum Gasteiger partial charge on any atom is -0.383 e. The highest BCUT2D eigenvalue weighted by Gasteiger charge is 2.26. The minimum absolute atomic E-state index is 0.100. The molecular weight excluding hydrogens is 258 g/mol. The molecule has 0 saturated carbocycles. The van der Waals surface area contributed by atoms with E-state index in [0.29, 0.717) is 12.5 Å². The van der Waals surface area contributed by atoms with Gasteiger partial charge in [0.25, 0.3) is 0 Å². The zero-order chi connectivity index (χ0) is 12.0. The zero-order valence-corrected chi connectivity index (χ0v) is 11.9. The van der Waals surface area contributed by atoms with E-state index in [-0.39, 0.29) is 16.8 Å². The molecule has 4 heteroatoms. The summed E-state index contributed by atoms with van der Waals surface area (Å²) < 4.78 is 5.07. The van der Waals surface area contributed by atoms with Crippen molar-refractivity contribution in [2.45, 2.75) is 38.6 Å². The quantitative estimate of drug-likeness (QED) is 0.699. The molecule has 15 heavy (non-hydrogen) atoms. The number of nitrogens with zero attached hydrogens (tertiary/aromatic N) is 1. The summed E-state index contributed by atoms with van der Waals surface area (Å²) in [5.74, 6) is 0.457. The van der Waals surface area contributed by atoms with Crippen LogP contribution in [0, 0.1) is 5.92 Å². The van der Waals surface area contributed by atoms with E-state index in [1.807, 2.05) is 32.6 Å². The van der Waals surface area contributed by atoms with Gasteiger partial charge in [-0.25, -0.2) is 0 Å². The second kappa shape index (κ2) is 7.23. The van der Waals surface area contributed by atoms with E-state index >= 15 is 0 Å². The van der Waals surface area contributed by atoms with Gasteiger partial charge in [-0.1, -0.05) is 29.8 Å². The molecule has 2 atom stereocenters. The first-order valence-corrected chi connectivity index (χ1v) is 6.30. The lowest BCUT2D eigenvalue weighted by Gasteiger charge is -2.30. The Morgan fingerprint density at radius 3 is 2.27 bits per heavy atom. The largest absolute Gasteiger partial charge is 0.383 e. The number of likely N-dealkylation sites (N-methyl/N-ethyl adjacent to an activating group) is 1. The summed E-state index contributed by atoms with van der Waals surface area (Å²) in [5, 5.41) is 0. The number of hydrogen-bond donors (Lipinski definition) is 0. The van der Waals surface area contributed by atoms with Crippen molar-refractivity contribution in [3.63, 3.8) is 0 Å². The highest BCUT2D eigenvalue weighted by Crippen LogP contribution is 2.16. The molecule has 0 aromatic heterocycles. The summed E-state index contributed by atoms with van der Waals surface area (Å²) in [5.41, 5.74) is 0. The maximum atomic E-state index is 12.1. The summed E-state index contributed by atoms with van der Waals surface area (Å²) in [6.45, 7) is 9.36. The maximum Gasteiger partial charge on any atom is 0.236 e. The predicted molar refractivity (Wildman–Crippen MR) is 66.3 cm³/mol. The molecule has 0 N–H and O–H groups in total. The van der Waals surface area contributed by atoms with Crippen molar-refractivity contribution in [1.82, 2.24) is 4.90 Å². The number of rotatable bonds is 6. The molecule has 0 aliphatic rings. The molecule has 90 valence electrons. The van der Waals surface area contributed by atoms with Crippen LogP contribution < -0.4 is 0 Å². The van der Waals surface area contributed by atoms with Gasteiger partial charge in [0, 0.05) is 13.7 Å².